The van der Waals surface area contributed by atoms with Crippen LogP contribution >= 0.6 is 0 Å². The Balaban J connectivity index is 1.79. The first-order valence-corrected chi connectivity index (χ1v) is 10.4. The Morgan fingerprint density at radius 2 is 1.68 bits per heavy atom. The summed E-state index contributed by atoms with van der Waals surface area (Å²) in [6.45, 7) is 2.05. The second-order valence-electron chi connectivity index (χ2n) is 8.28. The van der Waals surface area contributed by atoms with Crippen LogP contribution in [0.5, 0.6) is 0 Å². The molecular weight excluding hydrogens is 388 g/mol. The number of nitrogens with one attached hydrogen (secondary N) is 1. The number of ether oxygens (including phenoxy) is 1. The number of hydrogen-bond acceptors (Lipinski definition) is 4. The molecule has 31 heavy (non-hydrogen) atoms. The highest BCUT2D eigenvalue weighted by atomic mass is 16.5. The van der Waals surface area contributed by atoms with Crippen LogP contribution in [0.4, 0.5) is 11.4 Å². The van der Waals surface area contributed by atoms with Crippen LogP contribution in [-0.2, 0) is 14.3 Å². The molecule has 1 fully saturated rings. The normalized spacial score (nSPS) is 24.2. The van der Waals surface area contributed by atoms with Crippen molar-refractivity contribution in [2.75, 3.05) is 17.3 Å². The summed E-state index contributed by atoms with van der Waals surface area (Å²) >= 11 is 0. The average molecular weight is 412 g/mol. The Hall–Kier alpha value is -3.60. The number of nitrogens with zero attached hydrogens (tertiary/aromatic N) is 1. The lowest BCUT2D eigenvalue weighted by molar-refractivity contribution is -0.158. The van der Waals surface area contributed by atoms with Crippen molar-refractivity contribution < 1.29 is 14.3 Å². The molecule has 0 aliphatic carbocycles. The summed E-state index contributed by atoms with van der Waals surface area (Å²) in [5.74, 6) is -0.807. The van der Waals surface area contributed by atoms with Crippen molar-refractivity contribution in [1.82, 2.24) is 0 Å². The van der Waals surface area contributed by atoms with Crippen molar-refractivity contribution >= 4 is 23.3 Å². The Morgan fingerprint density at radius 1 is 1.00 bits per heavy atom. The molecular formula is C26H24N2O3. The smallest absolute Gasteiger partial charge is 0.324 e. The summed E-state index contributed by atoms with van der Waals surface area (Å²) in [5.41, 5.74) is 3.51. The Kier molecular flexibility index (Phi) is 4.54. The van der Waals surface area contributed by atoms with E-state index in [1.165, 1.54) is 7.11 Å². The maximum Gasteiger partial charge on any atom is 0.324 e. The molecule has 2 aliphatic heterocycles. The van der Waals surface area contributed by atoms with Gasteiger partial charge in [0, 0.05) is 11.4 Å². The standard InChI is InChI=1S/C26H24N2O3/c1-17-12-14-19(15-13-17)28-22(18-8-4-3-5-9-18)16-26(25(30)31-2)23(28)20-10-6-7-11-21(20)27-24(26)29/h3-15,22-23H,16H2,1-2H3,(H,27,29)/t22-,23-,26+/m0/s1. The van der Waals surface area contributed by atoms with E-state index in [9.17, 15) is 9.59 Å². The molecule has 0 unspecified atom stereocenters. The van der Waals surface area contributed by atoms with E-state index >= 15 is 0 Å². The summed E-state index contributed by atoms with van der Waals surface area (Å²) < 4.78 is 5.24. The van der Waals surface area contributed by atoms with Crippen molar-refractivity contribution in [3.8, 4) is 0 Å². The number of amides is 1. The van der Waals surface area contributed by atoms with E-state index in [0.29, 0.717) is 6.42 Å². The lowest BCUT2D eigenvalue weighted by atomic mass is 9.72. The number of aryl methyl sites for hydroxylation is 1. The number of para-hydroxylation sites is 1. The number of fused-ring (bicyclic) bond motifs is 3. The molecule has 2 heterocycles. The van der Waals surface area contributed by atoms with Gasteiger partial charge in [0.15, 0.2) is 5.41 Å². The molecule has 0 bridgehead atoms. The Labute approximate surface area is 181 Å². The molecule has 5 heteroatoms. The molecule has 0 radical (unpaired) electrons. The van der Waals surface area contributed by atoms with E-state index in [0.717, 1.165) is 28.1 Å². The van der Waals surface area contributed by atoms with Gasteiger partial charge in [0.2, 0.25) is 5.91 Å². The minimum atomic E-state index is -1.34. The van der Waals surface area contributed by atoms with Gasteiger partial charge in [0.25, 0.3) is 0 Å². The Morgan fingerprint density at radius 3 is 2.39 bits per heavy atom. The molecule has 1 N–H and O–H groups in total. The maximum atomic E-state index is 13.5. The van der Waals surface area contributed by atoms with Crippen molar-refractivity contribution in [1.29, 1.82) is 0 Å². The molecule has 0 spiro atoms. The molecule has 1 saturated heterocycles. The Bertz CT molecular complexity index is 1140. The van der Waals surface area contributed by atoms with E-state index in [4.69, 9.17) is 4.74 Å². The second kappa shape index (κ2) is 7.27. The summed E-state index contributed by atoms with van der Waals surface area (Å²) in [6, 6.07) is 25.4. The van der Waals surface area contributed by atoms with E-state index in [-0.39, 0.29) is 11.9 Å². The number of esters is 1. The zero-order valence-electron chi connectivity index (χ0n) is 17.5. The number of hydrogen-bond donors (Lipinski definition) is 1. The molecule has 1 amide bonds. The number of carbonyl (C=O) groups excluding carboxylic acids is 2. The number of rotatable bonds is 3. The average Bonchev–Trinajstić information content (AvgIpc) is 3.18. The summed E-state index contributed by atoms with van der Waals surface area (Å²) in [6.07, 6.45) is 0.336. The van der Waals surface area contributed by atoms with Gasteiger partial charge in [-0.1, -0.05) is 66.2 Å². The summed E-state index contributed by atoms with van der Waals surface area (Å²) in [5, 5.41) is 2.97. The van der Waals surface area contributed by atoms with Crippen molar-refractivity contribution in [3.05, 3.63) is 95.6 Å². The lowest BCUT2D eigenvalue weighted by Gasteiger charge is -2.41. The van der Waals surface area contributed by atoms with Crippen LogP contribution in [0, 0.1) is 12.3 Å². The second-order valence-corrected chi connectivity index (χ2v) is 8.28. The quantitative estimate of drug-likeness (QED) is 0.496. The fourth-order valence-electron chi connectivity index (χ4n) is 5.12. The van der Waals surface area contributed by atoms with E-state index in [2.05, 4.69) is 46.6 Å². The van der Waals surface area contributed by atoms with Crippen LogP contribution in [0.15, 0.2) is 78.9 Å². The molecule has 156 valence electrons. The highest BCUT2D eigenvalue weighted by Gasteiger charge is 2.65. The summed E-state index contributed by atoms with van der Waals surface area (Å²) in [4.78, 5) is 29.0. The lowest BCUT2D eigenvalue weighted by Crippen LogP contribution is -2.51. The third-order valence-electron chi connectivity index (χ3n) is 6.57. The molecule has 0 saturated carbocycles. The molecule has 3 aromatic rings. The van der Waals surface area contributed by atoms with Gasteiger partial charge >= 0.3 is 5.97 Å². The zero-order valence-corrected chi connectivity index (χ0v) is 17.5. The molecule has 2 aliphatic rings. The monoisotopic (exact) mass is 412 g/mol. The van der Waals surface area contributed by atoms with Gasteiger partial charge in [-0.3, -0.25) is 9.59 Å². The highest BCUT2D eigenvalue weighted by Crippen LogP contribution is 2.60. The van der Waals surface area contributed by atoms with Gasteiger partial charge in [0.05, 0.1) is 19.2 Å². The summed E-state index contributed by atoms with van der Waals surface area (Å²) in [7, 11) is 1.36. The van der Waals surface area contributed by atoms with E-state index < -0.39 is 17.4 Å². The van der Waals surface area contributed by atoms with E-state index in [1.54, 1.807) is 0 Å². The first-order chi connectivity index (χ1) is 15.1. The van der Waals surface area contributed by atoms with Crippen LogP contribution in [0.1, 0.15) is 35.2 Å². The minimum absolute atomic E-state index is 0.162. The van der Waals surface area contributed by atoms with Crippen molar-refractivity contribution in [2.45, 2.75) is 25.4 Å². The van der Waals surface area contributed by atoms with Crippen LogP contribution in [0.2, 0.25) is 0 Å². The maximum absolute atomic E-state index is 13.5. The zero-order chi connectivity index (χ0) is 21.6. The predicted molar refractivity (Wildman–Crippen MR) is 120 cm³/mol. The molecule has 5 rings (SSSR count). The largest absolute Gasteiger partial charge is 0.468 e. The van der Waals surface area contributed by atoms with Crippen molar-refractivity contribution in [3.63, 3.8) is 0 Å². The third-order valence-corrected chi connectivity index (χ3v) is 6.57. The topological polar surface area (TPSA) is 58.6 Å². The number of anilines is 2. The first kappa shape index (κ1) is 19.4. The van der Waals surface area contributed by atoms with Crippen LogP contribution in [0.25, 0.3) is 0 Å². The number of carbonyl (C=O) groups is 2. The fraction of sp³-hybridized carbons (Fsp3) is 0.231. The van der Waals surface area contributed by atoms with Gasteiger partial charge in [-0.25, -0.2) is 0 Å². The van der Waals surface area contributed by atoms with Gasteiger partial charge in [-0.2, -0.15) is 0 Å². The molecule has 3 aromatic carbocycles. The van der Waals surface area contributed by atoms with E-state index in [1.807, 2.05) is 49.4 Å². The minimum Gasteiger partial charge on any atom is -0.468 e. The SMILES string of the molecule is COC(=O)[C@]12C[C@@H](c3ccccc3)N(c3ccc(C)cc3)[C@H]1c1ccccc1NC2=O. The molecule has 5 nitrogen and oxygen atoms in total. The van der Waals surface area contributed by atoms with Crippen molar-refractivity contribution in [2.24, 2.45) is 5.41 Å². The molecule has 3 atom stereocenters. The van der Waals surface area contributed by atoms with Crippen LogP contribution in [-0.4, -0.2) is 19.0 Å². The van der Waals surface area contributed by atoms with Crippen LogP contribution in [0.3, 0.4) is 0 Å². The predicted octanol–water partition coefficient (Wildman–Crippen LogP) is 4.80. The van der Waals surface area contributed by atoms with Crippen LogP contribution < -0.4 is 10.2 Å². The fourth-order valence-corrected chi connectivity index (χ4v) is 5.12. The first-order valence-electron chi connectivity index (χ1n) is 10.4. The number of benzene rings is 3. The van der Waals surface area contributed by atoms with Gasteiger partial charge in [-0.15, -0.1) is 0 Å². The van der Waals surface area contributed by atoms with Gasteiger partial charge in [0.1, 0.15) is 0 Å². The van der Waals surface area contributed by atoms with Gasteiger partial charge < -0.3 is 15.0 Å². The highest BCUT2D eigenvalue weighted by molar-refractivity contribution is 6.13. The molecule has 0 aromatic heterocycles. The van der Waals surface area contributed by atoms with Gasteiger partial charge in [-0.05, 0) is 42.7 Å². The number of methoxy groups -OCH3 is 1. The third kappa shape index (κ3) is 2.84.